The smallest absolute Gasteiger partial charge is 0.198 e. The Morgan fingerprint density at radius 3 is 2.79 bits per heavy atom. The van der Waals surface area contributed by atoms with E-state index < -0.39 is 9.76 Å². The van der Waals surface area contributed by atoms with Gasteiger partial charge in [0.2, 0.25) is 0 Å². The van der Waals surface area contributed by atoms with E-state index in [0.29, 0.717) is 17.8 Å². The van der Waals surface area contributed by atoms with Gasteiger partial charge in [0.1, 0.15) is 5.78 Å². The van der Waals surface area contributed by atoms with Crippen LogP contribution in [0.25, 0.3) is 0 Å². The van der Waals surface area contributed by atoms with E-state index in [1.807, 2.05) is 0 Å². The van der Waals surface area contributed by atoms with Crippen molar-refractivity contribution < 1.29 is 9.32 Å². The molecular formula is C9H19NO2SSi. The summed E-state index contributed by atoms with van der Waals surface area (Å²) >= 11 is 4.98. The Kier molecular flexibility index (Phi) is 9.12. The molecular weight excluding hydrogens is 214 g/mol. The van der Waals surface area contributed by atoms with Crippen LogP contribution in [0.4, 0.5) is 0 Å². The molecule has 0 rings (SSSR count). The maximum absolute atomic E-state index is 10.6. The van der Waals surface area contributed by atoms with E-state index in [0.717, 1.165) is 0 Å². The molecule has 0 fully saturated rings. The number of unbranched alkanes of at least 4 members (excludes halogenated alkanes) is 1. The number of hydrogen-bond donors (Lipinski definition) is 1. The van der Waals surface area contributed by atoms with Crippen molar-refractivity contribution in [1.29, 1.82) is 0 Å². The third-order valence-corrected chi connectivity index (χ3v) is 3.16. The second-order valence-electron chi connectivity index (χ2n) is 3.28. The summed E-state index contributed by atoms with van der Waals surface area (Å²) in [4.78, 5) is 11.3. The van der Waals surface area contributed by atoms with Crippen LogP contribution in [0.15, 0.2) is 0 Å². The van der Waals surface area contributed by atoms with E-state index in [-0.39, 0.29) is 5.78 Å². The van der Waals surface area contributed by atoms with Gasteiger partial charge >= 0.3 is 0 Å². The van der Waals surface area contributed by atoms with E-state index >= 15 is 0 Å². The van der Waals surface area contributed by atoms with Gasteiger partial charge in [-0.15, -0.1) is 0 Å². The highest BCUT2D eigenvalue weighted by atomic mass is 32.1. The third kappa shape index (κ3) is 9.82. The minimum absolute atomic E-state index is 0.164. The lowest BCUT2D eigenvalue weighted by Crippen LogP contribution is -2.24. The molecule has 14 heavy (non-hydrogen) atoms. The molecule has 0 amide bonds. The standard InChI is InChI=1S/C9H19NO2SSi/c1-3-4-7-14-12-10-9(13)6-5-8(2)11/h3-7,14H2,1-2H3,(H,10,13). The predicted molar refractivity (Wildman–Crippen MR) is 65.0 cm³/mol. The monoisotopic (exact) mass is 233 g/mol. The van der Waals surface area contributed by atoms with Crippen LogP contribution < -0.4 is 5.48 Å². The van der Waals surface area contributed by atoms with Crippen LogP contribution in [0.1, 0.15) is 39.5 Å². The first-order chi connectivity index (χ1) is 6.66. The van der Waals surface area contributed by atoms with Gasteiger partial charge in [-0.25, -0.2) is 0 Å². The number of carbonyl (C=O) groups is 1. The van der Waals surface area contributed by atoms with Crippen molar-refractivity contribution in [3.63, 3.8) is 0 Å². The summed E-state index contributed by atoms with van der Waals surface area (Å²) in [5.74, 6) is 0.164. The zero-order chi connectivity index (χ0) is 10.8. The Morgan fingerprint density at radius 1 is 1.50 bits per heavy atom. The molecule has 1 N–H and O–H groups in total. The molecule has 82 valence electrons. The zero-order valence-corrected chi connectivity index (χ0v) is 11.2. The number of Topliss-reactive ketones (excluding diaryl/α,β-unsaturated/α-hetero) is 1. The number of hydroxylamine groups is 1. The van der Waals surface area contributed by atoms with E-state index in [1.165, 1.54) is 18.9 Å². The zero-order valence-electron chi connectivity index (χ0n) is 8.97. The number of nitrogens with one attached hydrogen (secondary N) is 1. The first-order valence-corrected chi connectivity index (χ1v) is 7.05. The largest absolute Gasteiger partial charge is 0.329 e. The number of thiocarbonyl (C=S) groups is 1. The molecule has 0 spiro atoms. The van der Waals surface area contributed by atoms with Gasteiger partial charge in [0.25, 0.3) is 0 Å². The SMILES string of the molecule is CCCC[SiH2]ONC(=S)CCC(C)=O. The average molecular weight is 233 g/mol. The van der Waals surface area contributed by atoms with Crippen LogP contribution in [0.2, 0.25) is 6.04 Å². The first kappa shape index (κ1) is 13.7. The normalized spacial score (nSPS) is 10.7. The molecule has 0 aromatic rings. The van der Waals surface area contributed by atoms with Crippen LogP contribution in [-0.2, 0) is 9.32 Å². The van der Waals surface area contributed by atoms with Gasteiger partial charge in [-0.3, -0.25) is 5.48 Å². The Labute approximate surface area is 93.5 Å². The molecule has 0 aromatic carbocycles. The molecule has 0 saturated carbocycles. The highest BCUT2D eigenvalue weighted by Crippen LogP contribution is 1.94. The number of carbonyl (C=O) groups excluding carboxylic acids is 1. The van der Waals surface area contributed by atoms with Gasteiger partial charge in [-0.1, -0.05) is 32.0 Å². The number of rotatable bonds is 8. The third-order valence-electron chi connectivity index (χ3n) is 1.74. The van der Waals surface area contributed by atoms with Gasteiger partial charge in [-0.2, -0.15) is 0 Å². The fourth-order valence-electron chi connectivity index (χ4n) is 0.896. The highest BCUT2D eigenvalue weighted by molar-refractivity contribution is 7.80. The molecule has 0 heterocycles. The van der Waals surface area contributed by atoms with E-state index in [1.54, 1.807) is 6.92 Å². The van der Waals surface area contributed by atoms with Gasteiger partial charge in [0.15, 0.2) is 9.76 Å². The summed E-state index contributed by atoms with van der Waals surface area (Å²) in [6.07, 6.45) is 3.55. The Morgan fingerprint density at radius 2 is 2.21 bits per heavy atom. The average Bonchev–Trinajstić information content (AvgIpc) is 2.14. The fraction of sp³-hybridized carbons (Fsp3) is 0.778. The lowest BCUT2D eigenvalue weighted by atomic mass is 10.2. The summed E-state index contributed by atoms with van der Waals surface area (Å²) in [5.41, 5.74) is 2.74. The van der Waals surface area contributed by atoms with Crippen LogP contribution >= 0.6 is 12.2 Å². The van der Waals surface area contributed by atoms with E-state index in [4.69, 9.17) is 16.7 Å². The summed E-state index contributed by atoms with van der Waals surface area (Å²) < 4.78 is 5.27. The van der Waals surface area contributed by atoms with Crippen LogP contribution in [-0.4, -0.2) is 20.5 Å². The summed E-state index contributed by atoms with van der Waals surface area (Å²) in [6, 6.07) is 1.18. The van der Waals surface area contributed by atoms with Crippen molar-refractivity contribution in [2.75, 3.05) is 0 Å². The molecule has 0 aliphatic rings. The second kappa shape index (κ2) is 9.30. The summed E-state index contributed by atoms with van der Waals surface area (Å²) in [6.45, 7) is 3.73. The van der Waals surface area contributed by atoms with Crippen molar-refractivity contribution in [1.82, 2.24) is 5.48 Å². The van der Waals surface area contributed by atoms with Crippen molar-refractivity contribution in [2.45, 2.75) is 45.6 Å². The Balaban J connectivity index is 3.22. The molecule has 3 nitrogen and oxygen atoms in total. The molecule has 0 aliphatic heterocycles. The molecule has 0 unspecified atom stereocenters. The number of hydrogen-bond acceptors (Lipinski definition) is 3. The van der Waals surface area contributed by atoms with Crippen LogP contribution in [0.3, 0.4) is 0 Å². The molecule has 0 aromatic heterocycles. The summed E-state index contributed by atoms with van der Waals surface area (Å²) in [7, 11) is -0.462. The molecule has 0 bridgehead atoms. The van der Waals surface area contributed by atoms with Crippen molar-refractivity contribution in [2.24, 2.45) is 0 Å². The Hall–Kier alpha value is -0.263. The summed E-state index contributed by atoms with van der Waals surface area (Å²) in [5, 5.41) is 0. The van der Waals surface area contributed by atoms with Crippen molar-refractivity contribution >= 4 is 32.8 Å². The topological polar surface area (TPSA) is 38.3 Å². The maximum Gasteiger partial charge on any atom is 0.198 e. The van der Waals surface area contributed by atoms with Gasteiger partial charge < -0.3 is 9.32 Å². The molecule has 0 atom stereocenters. The highest BCUT2D eigenvalue weighted by Gasteiger charge is 1.99. The van der Waals surface area contributed by atoms with E-state index in [9.17, 15) is 4.79 Å². The lowest BCUT2D eigenvalue weighted by Gasteiger charge is -2.06. The van der Waals surface area contributed by atoms with Crippen molar-refractivity contribution in [3.8, 4) is 0 Å². The van der Waals surface area contributed by atoms with E-state index in [2.05, 4.69) is 12.4 Å². The molecule has 0 aliphatic carbocycles. The predicted octanol–water partition coefficient (Wildman–Crippen LogP) is 1.51. The van der Waals surface area contributed by atoms with Crippen molar-refractivity contribution in [3.05, 3.63) is 0 Å². The molecule has 0 radical (unpaired) electrons. The second-order valence-corrected chi connectivity index (χ2v) is 5.18. The van der Waals surface area contributed by atoms with Crippen LogP contribution in [0, 0.1) is 0 Å². The maximum atomic E-state index is 10.6. The minimum atomic E-state index is -0.462. The quantitative estimate of drug-likeness (QED) is 0.298. The Bertz CT molecular complexity index is 188. The molecule has 5 heteroatoms. The van der Waals surface area contributed by atoms with Gasteiger partial charge in [0.05, 0.1) is 4.99 Å². The van der Waals surface area contributed by atoms with Gasteiger partial charge in [0, 0.05) is 12.8 Å². The number of ketones is 1. The minimum Gasteiger partial charge on any atom is -0.329 e. The van der Waals surface area contributed by atoms with Gasteiger partial charge in [-0.05, 0) is 13.0 Å². The first-order valence-electron chi connectivity index (χ1n) is 5.07. The van der Waals surface area contributed by atoms with Crippen LogP contribution in [0.5, 0.6) is 0 Å². The molecule has 0 saturated heterocycles. The fourth-order valence-corrected chi connectivity index (χ4v) is 2.29. The lowest BCUT2D eigenvalue weighted by molar-refractivity contribution is -0.116.